The van der Waals surface area contributed by atoms with Crippen molar-refractivity contribution in [3.63, 3.8) is 0 Å². The van der Waals surface area contributed by atoms with E-state index in [1.807, 2.05) is 6.92 Å². The Morgan fingerprint density at radius 1 is 1.30 bits per heavy atom. The SMILES string of the molecule is CCCC(Nc1cncc(Cl)n1)c1c(F)cccc1Cl. The maximum Gasteiger partial charge on any atom is 0.149 e. The van der Waals surface area contributed by atoms with Crippen molar-refractivity contribution in [2.24, 2.45) is 0 Å². The Labute approximate surface area is 127 Å². The summed E-state index contributed by atoms with van der Waals surface area (Å²) in [4.78, 5) is 8.06. The molecule has 2 aromatic rings. The normalized spacial score (nSPS) is 12.2. The summed E-state index contributed by atoms with van der Waals surface area (Å²) in [5.74, 6) is 0.161. The topological polar surface area (TPSA) is 37.8 Å². The number of anilines is 1. The summed E-state index contributed by atoms with van der Waals surface area (Å²) in [6.45, 7) is 2.02. The average Bonchev–Trinajstić information content (AvgIpc) is 2.38. The van der Waals surface area contributed by atoms with Gasteiger partial charge in [-0.3, -0.25) is 4.98 Å². The molecule has 0 bridgehead atoms. The number of halogens is 3. The summed E-state index contributed by atoms with van der Waals surface area (Å²) in [7, 11) is 0. The van der Waals surface area contributed by atoms with Gasteiger partial charge < -0.3 is 5.32 Å². The molecule has 3 nitrogen and oxygen atoms in total. The first-order valence-electron chi connectivity index (χ1n) is 6.29. The molecule has 0 radical (unpaired) electrons. The van der Waals surface area contributed by atoms with Crippen molar-refractivity contribution in [1.82, 2.24) is 9.97 Å². The Kier molecular flexibility index (Phi) is 5.15. The molecular formula is C14H14Cl2FN3. The zero-order chi connectivity index (χ0) is 14.5. The second-order valence-corrected chi connectivity index (χ2v) is 5.14. The lowest BCUT2D eigenvalue weighted by molar-refractivity contribution is 0.575. The minimum atomic E-state index is -0.335. The average molecular weight is 314 g/mol. The van der Waals surface area contributed by atoms with Gasteiger partial charge in [0, 0.05) is 10.6 Å². The van der Waals surface area contributed by atoms with Crippen LogP contribution in [0.3, 0.4) is 0 Å². The monoisotopic (exact) mass is 313 g/mol. The van der Waals surface area contributed by atoms with Gasteiger partial charge in [-0.15, -0.1) is 0 Å². The van der Waals surface area contributed by atoms with E-state index in [-0.39, 0.29) is 17.0 Å². The van der Waals surface area contributed by atoms with Crippen LogP contribution in [0.15, 0.2) is 30.6 Å². The van der Waals surface area contributed by atoms with Crippen LogP contribution in [0.5, 0.6) is 0 Å². The van der Waals surface area contributed by atoms with E-state index in [4.69, 9.17) is 23.2 Å². The van der Waals surface area contributed by atoms with Crippen molar-refractivity contribution in [3.05, 3.63) is 52.1 Å². The Bertz CT molecular complexity index is 572. The molecule has 0 saturated heterocycles. The van der Waals surface area contributed by atoms with Crippen molar-refractivity contribution < 1.29 is 4.39 Å². The molecule has 0 amide bonds. The predicted molar refractivity (Wildman–Crippen MR) is 79.7 cm³/mol. The zero-order valence-corrected chi connectivity index (χ0v) is 12.4. The number of nitrogens with one attached hydrogen (secondary N) is 1. The highest BCUT2D eigenvalue weighted by Gasteiger charge is 2.19. The molecule has 0 aliphatic rings. The lowest BCUT2D eigenvalue weighted by Crippen LogP contribution is -2.14. The summed E-state index contributed by atoms with van der Waals surface area (Å²) < 4.78 is 14.0. The van der Waals surface area contributed by atoms with Gasteiger partial charge in [0.25, 0.3) is 0 Å². The molecule has 1 heterocycles. The Hall–Kier alpha value is -1.39. The molecule has 1 atom stereocenters. The standard InChI is InChI=1S/C14H14Cl2FN3/c1-2-4-11(14-9(15)5-3-6-10(14)17)19-13-8-18-7-12(16)20-13/h3,5-8,11H,2,4H2,1H3,(H,19,20). The highest BCUT2D eigenvalue weighted by Crippen LogP contribution is 2.31. The van der Waals surface area contributed by atoms with Gasteiger partial charge in [-0.05, 0) is 18.6 Å². The molecule has 0 saturated carbocycles. The van der Waals surface area contributed by atoms with Crippen molar-refractivity contribution >= 4 is 29.0 Å². The molecule has 1 aromatic carbocycles. The number of hydrogen-bond donors (Lipinski definition) is 1. The highest BCUT2D eigenvalue weighted by atomic mass is 35.5. The number of aromatic nitrogens is 2. The molecule has 0 aliphatic carbocycles. The fraction of sp³-hybridized carbons (Fsp3) is 0.286. The molecule has 106 valence electrons. The van der Waals surface area contributed by atoms with Gasteiger partial charge in [0.05, 0.1) is 18.4 Å². The highest BCUT2D eigenvalue weighted by molar-refractivity contribution is 6.31. The Balaban J connectivity index is 2.32. The van der Waals surface area contributed by atoms with Gasteiger partial charge in [-0.1, -0.05) is 42.6 Å². The molecule has 1 unspecified atom stereocenters. The van der Waals surface area contributed by atoms with E-state index in [9.17, 15) is 4.39 Å². The van der Waals surface area contributed by atoms with Crippen molar-refractivity contribution in [2.75, 3.05) is 5.32 Å². The van der Waals surface area contributed by atoms with E-state index in [2.05, 4.69) is 15.3 Å². The maximum atomic E-state index is 14.0. The summed E-state index contributed by atoms with van der Waals surface area (Å²) in [5, 5.41) is 3.81. The molecular weight excluding hydrogens is 300 g/mol. The molecule has 0 spiro atoms. The quantitative estimate of drug-likeness (QED) is 0.855. The Morgan fingerprint density at radius 3 is 2.75 bits per heavy atom. The summed E-state index contributed by atoms with van der Waals surface area (Å²) in [6, 6.07) is 4.38. The third kappa shape index (κ3) is 3.58. The minimum Gasteiger partial charge on any atom is -0.362 e. The van der Waals surface area contributed by atoms with Crippen LogP contribution in [0.1, 0.15) is 31.4 Å². The van der Waals surface area contributed by atoms with E-state index in [0.29, 0.717) is 16.4 Å². The van der Waals surface area contributed by atoms with Crippen LogP contribution in [-0.4, -0.2) is 9.97 Å². The van der Waals surface area contributed by atoms with Crippen LogP contribution >= 0.6 is 23.2 Å². The van der Waals surface area contributed by atoms with Crippen LogP contribution in [-0.2, 0) is 0 Å². The van der Waals surface area contributed by atoms with E-state index in [1.165, 1.54) is 12.3 Å². The number of hydrogen-bond acceptors (Lipinski definition) is 3. The van der Waals surface area contributed by atoms with Crippen molar-refractivity contribution in [3.8, 4) is 0 Å². The van der Waals surface area contributed by atoms with Gasteiger partial charge in [0.15, 0.2) is 0 Å². The molecule has 1 N–H and O–H groups in total. The number of nitrogens with zero attached hydrogens (tertiary/aromatic N) is 2. The molecule has 2 rings (SSSR count). The summed E-state index contributed by atoms with van der Waals surface area (Å²) in [5.41, 5.74) is 0.442. The van der Waals surface area contributed by atoms with E-state index in [1.54, 1.807) is 18.3 Å². The predicted octanol–water partition coefficient (Wildman–Crippen LogP) is 4.88. The van der Waals surface area contributed by atoms with Crippen LogP contribution in [0, 0.1) is 5.82 Å². The zero-order valence-electron chi connectivity index (χ0n) is 10.9. The maximum absolute atomic E-state index is 14.0. The van der Waals surface area contributed by atoms with Crippen LogP contribution < -0.4 is 5.32 Å². The Morgan fingerprint density at radius 2 is 2.10 bits per heavy atom. The van der Waals surface area contributed by atoms with Gasteiger partial charge >= 0.3 is 0 Å². The lowest BCUT2D eigenvalue weighted by Gasteiger charge is -2.20. The van der Waals surface area contributed by atoms with Crippen molar-refractivity contribution in [1.29, 1.82) is 0 Å². The number of benzene rings is 1. The van der Waals surface area contributed by atoms with Gasteiger partial charge in [0.1, 0.15) is 16.8 Å². The smallest absolute Gasteiger partial charge is 0.149 e. The number of rotatable bonds is 5. The van der Waals surface area contributed by atoms with Crippen LogP contribution in [0.2, 0.25) is 10.2 Å². The molecule has 0 aliphatic heterocycles. The molecule has 20 heavy (non-hydrogen) atoms. The molecule has 0 fully saturated rings. The second-order valence-electron chi connectivity index (χ2n) is 4.35. The second kappa shape index (κ2) is 6.86. The van der Waals surface area contributed by atoms with Gasteiger partial charge in [-0.25, -0.2) is 9.37 Å². The van der Waals surface area contributed by atoms with Gasteiger partial charge in [-0.2, -0.15) is 0 Å². The molecule has 1 aromatic heterocycles. The van der Waals surface area contributed by atoms with Crippen LogP contribution in [0.4, 0.5) is 10.2 Å². The summed E-state index contributed by atoms with van der Waals surface area (Å²) >= 11 is 11.9. The first-order chi connectivity index (χ1) is 9.61. The van der Waals surface area contributed by atoms with Crippen molar-refractivity contribution in [2.45, 2.75) is 25.8 Å². The minimum absolute atomic E-state index is 0.276. The van der Waals surface area contributed by atoms with E-state index in [0.717, 1.165) is 12.8 Å². The first-order valence-corrected chi connectivity index (χ1v) is 7.05. The van der Waals surface area contributed by atoms with Crippen LogP contribution in [0.25, 0.3) is 0 Å². The molecule has 6 heteroatoms. The van der Waals surface area contributed by atoms with E-state index < -0.39 is 0 Å². The third-order valence-corrected chi connectivity index (χ3v) is 3.36. The van der Waals surface area contributed by atoms with Gasteiger partial charge in [0.2, 0.25) is 0 Å². The fourth-order valence-electron chi connectivity index (χ4n) is 2.01. The van der Waals surface area contributed by atoms with E-state index >= 15 is 0 Å². The summed E-state index contributed by atoms with van der Waals surface area (Å²) in [6.07, 6.45) is 4.58. The fourth-order valence-corrected chi connectivity index (χ4v) is 2.45. The third-order valence-electron chi connectivity index (χ3n) is 2.85. The first kappa shape index (κ1) is 15.0. The lowest BCUT2D eigenvalue weighted by atomic mass is 10.0. The largest absolute Gasteiger partial charge is 0.362 e.